The molecule has 186 valence electrons. The Bertz CT molecular complexity index is 1100. The Morgan fingerprint density at radius 2 is 1.74 bits per heavy atom. The Balaban J connectivity index is 1.66. The van der Waals surface area contributed by atoms with Gasteiger partial charge in [-0.15, -0.1) is 0 Å². The lowest BCUT2D eigenvalue weighted by atomic mass is 10.0. The van der Waals surface area contributed by atoms with E-state index >= 15 is 0 Å². The first-order valence-corrected chi connectivity index (χ1v) is 12.3. The van der Waals surface area contributed by atoms with Crippen LogP contribution in [0, 0.1) is 5.82 Å². The highest BCUT2D eigenvalue weighted by atomic mass is 32.2. The predicted octanol–water partition coefficient (Wildman–Crippen LogP) is 4.35. The summed E-state index contributed by atoms with van der Waals surface area (Å²) in [6.45, 7) is 4.36. The number of halogens is 4. The van der Waals surface area contributed by atoms with Gasteiger partial charge in [0.2, 0.25) is 15.9 Å². The number of amides is 1. The van der Waals surface area contributed by atoms with Gasteiger partial charge < -0.3 is 5.32 Å². The Labute approximate surface area is 196 Å². The lowest BCUT2D eigenvalue weighted by Gasteiger charge is -2.39. The Kier molecular flexibility index (Phi) is 7.99. The van der Waals surface area contributed by atoms with Gasteiger partial charge in [-0.1, -0.05) is 6.07 Å². The zero-order chi connectivity index (χ0) is 25.1. The zero-order valence-corrected chi connectivity index (χ0v) is 19.7. The van der Waals surface area contributed by atoms with Crippen LogP contribution >= 0.6 is 0 Å². The number of carbonyl (C=O) groups excluding carboxylic acids is 1. The number of hydrogen-bond acceptors (Lipinski definition) is 4. The Morgan fingerprint density at radius 3 is 2.29 bits per heavy atom. The third kappa shape index (κ3) is 6.34. The summed E-state index contributed by atoms with van der Waals surface area (Å²) in [5, 5.41) is 2.69. The molecule has 0 aliphatic carbocycles. The van der Waals surface area contributed by atoms with Crippen molar-refractivity contribution >= 4 is 21.6 Å². The average molecular weight is 502 g/mol. The van der Waals surface area contributed by atoms with Gasteiger partial charge in [0.1, 0.15) is 5.82 Å². The van der Waals surface area contributed by atoms with Crippen molar-refractivity contribution in [2.24, 2.45) is 0 Å². The third-order valence-corrected chi connectivity index (χ3v) is 7.78. The van der Waals surface area contributed by atoms with E-state index < -0.39 is 44.6 Å². The molecule has 0 unspecified atom stereocenters. The number of anilines is 1. The summed E-state index contributed by atoms with van der Waals surface area (Å²) in [5.74, 6) is -0.683. The molecule has 0 bridgehead atoms. The number of benzene rings is 2. The first-order chi connectivity index (χ1) is 15.9. The number of carbonyl (C=O) groups is 1. The van der Waals surface area contributed by atoms with Crippen molar-refractivity contribution in [2.75, 3.05) is 25.0 Å². The lowest BCUT2D eigenvalue weighted by molar-refractivity contribution is -0.137. The number of piperidine rings is 1. The molecule has 1 aliphatic heterocycles. The number of rotatable bonds is 7. The molecule has 0 radical (unpaired) electrons. The van der Waals surface area contributed by atoms with E-state index in [1.807, 2.05) is 4.90 Å². The molecule has 2 aromatic rings. The summed E-state index contributed by atoms with van der Waals surface area (Å²) in [5.41, 5.74) is -0.543. The van der Waals surface area contributed by atoms with Gasteiger partial charge in [-0.05, 0) is 69.2 Å². The fraction of sp³-hybridized carbons (Fsp3) is 0.435. The molecule has 0 atom stereocenters. The molecule has 1 fully saturated rings. The molecule has 6 nitrogen and oxygen atoms in total. The maximum Gasteiger partial charge on any atom is 0.416 e. The minimum absolute atomic E-state index is 0.0894. The van der Waals surface area contributed by atoms with Gasteiger partial charge in [0.15, 0.2) is 0 Å². The zero-order valence-electron chi connectivity index (χ0n) is 18.8. The normalized spacial score (nSPS) is 16.2. The van der Waals surface area contributed by atoms with Crippen molar-refractivity contribution in [2.45, 2.75) is 49.8 Å². The van der Waals surface area contributed by atoms with E-state index in [0.29, 0.717) is 37.7 Å². The molecule has 0 aromatic heterocycles. The first-order valence-electron chi connectivity index (χ1n) is 10.9. The monoisotopic (exact) mass is 501 g/mol. The van der Waals surface area contributed by atoms with E-state index in [2.05, 4.69) is 5.32 Å². The van der Waals surface area contributed by atoms with Crippen LogP contribution in [0.15, 0.2) is 53.4 Å². The van der Waals surface area contributed by atoms with Crippen LogP contribution in [0.25, 0.3) is 0 Å². The van der Waals surface area contributed by atoms with Gasteiger partial charge >= 0.3 is 6.18 Å². The van der Waals surface area contributed by atoms with Gasteiger partial charge in [-0.2, -0.15) is 17.5 Å². The molecule has 11 heteroatoms. The SMILES string of the molecule is CC(C)N(C1CCN(CC(=O)Nc2ccc(F)cc2)CC1)S(=O)(=O)c1cccc(C(F)(F)F)c1. The molecule has 0 spiro atoms. The van der Waals surface area contributed by atoms with E-state index in [-0.39, 0.29) is 12.5 Å². The first kappa shape index (κ1) is 26.1. The average Bonchev–Trinajstić information content (AvgIpc) is 2.76. The van der Waals surface area contributed by atoms with E-state index in [1.165, 1.54) is 34.6 Å². The number of likely N-dealkylation sites (tertiary alicyclic amines) is 1. The van der Waals surface area contributed by atoms with Gasteiger partial charge in [-0.3, -0.25) is 9.69 Å². The Hall–Kier alpha value is -2.50. The molecule has 1 heterocycles. The highest BCUT2D eigenvalue weighted by Gasteiger charge is 2.37. The summed E-state index contributed by atoms with van der Waals surface area (Å²) in [4.78, 5) is 13.8. The second kappa shape index (κ2) is 10.4. The van der Waals surface area contributed by atoms with Crippen molar-refractivity contribution in [3.8, 4) is 0 Å². The van der Waals surface area contributed by atoms with Crippen LogP contribution in [0.4, 0.5) is 23.2 Å². The molecule has 1 saturated heterocycles. The third-order valence-electron chi connectivity index (χ3n) is 5.66. The molecular weight excluding hydrogens is 474 g/mol. The number of hydrogen-bond donors (Lipinski definition) is 1. The summed E-state index contributed by atoms with van der Waals surface area (Å²) in [7, 11) is -4.16. The molecule has 2 aromatic carbocycles. The fourth-order valence-corrected chi connectivity index (χ4v) is 6.05. The molecule has 34 heavy (non-hydrogen) atoms. The smallest absolute Gasteiger partial charge is 0.325 e. The van der Waals surface area contributed by atoms with E-state index in [1.54, 1.807) is 13.8 Å². The number of nitrogens with one attached hydrogen (secondary N) is 1. The van der Waals surface area contributed by atoms with E-state index in [4.69, 9.17) is 0 Å². The second-order valence-electron chi connectivity index (χ2n) is 8.52. The summed E-state index contributed by atoms with van der Waals surface area (Å²) in [6, 6.07) is 8.31. The van der Waals surface area contributed by atoms with Crippen molar-refractivity contribution < 1.29 is 30.8 Å². The fourth-order valence-electron chi connectivity index (χ4n) is 4.12. The van der Waals surface area contributed by atoms with Crippen LogP contribution in [0.1, 0.15) is 32.3 Å². The summed E-state index contributed by atoms with van der Waals surface area (Å²) < 4.78 is 80.2. The highest BCUT2D eigenvalue weighted by Crippen LogP contribution is 2.33. The maximum absolute atomic E-state index is 13.3. The second-order valence-corrected chi connectivity index (χ2v) is 10.4. The van der Waals surface area contributed by atoms with Crippen LogP contribution in [0.2, 0.25) is 0 Å². The largest absolute Gasteiger partial charge is 0.416 e. The molecular formula is C23H27F4N3O3S. The summed E-state index contributed by atoms with van der Waals surface area (Å²) in [6.07, 6.45) is -3.78. The minimum atomic E-state index is -4.64. The van der Waals surface area contributed by atoms with E-state index in [0.717, 1.165) is 12.1 Å². The van der Waals surface area contributed by atoms with Crippen LogP contribution in [0.3, 0.4) is 0 Å². The number of nitrogens with zero attached hydrogens (tertiary/aromatic N) is 2. The standard InChI is InChI=1S/C23H27F4N3O3S/c1-16(2)30(34(32,33)21-5-3-4-17(14-21)23(25,26)27)20-10-12-29(13-11-20)15-22(31)28-19-8-6-18(24)7-9-19/h3-9,14,16,20H,10-13,15H2,1-2H3,(H,28,31). The van der Waals surface area contributed by atoms with Gasteiger partial charge in [0.05, 0.1) is 17.0 Å². The molecule has 1 amide bonds. The van der Waals surface area contributed by atoms with Crippen LogP contribution < -0.4 is 5.32 Å². The van der Waals surface area contributed by atoms with Gasteiger partial charge in [0, 0.05) is 30.9 Å². The van der Waals surface area contributed by atoms with Gasteiger partial charge in [-0.25, -0.2) is 12.8 Å². The topological polar surface area (TPSA) is 69.7 Å². The van der Waals surface area contributed by atoms with Gasteiger partial charge in [0.25, 0.3) is 0 Å². The predicted molar refractivity (Wildman–Crippen MR) is 120 cm³/mol. The van der Waals surface area contributed by atoms with Crippen molar-refractivity contribution in [1.82, 2.24) is 9.21 Å². The van der Waals surface area contributed by atoms with Crippen molar-refractivity contribution in [3.05, 3.63) is 59.9 Å². The minimum Gasteiger partial charge on any atom is -0.325 e. The van der Waals surface area contributed by atoms with E-state index in [9.17, 15) is 30.8 Å². The molecule has 0 saturated carbocycles. The van der Waals surface area contributed by atoms with Crippen molar-refractivity contribution in [1.29, 1.82) is 0 Å². The molecule has 1 aliphatic rings. The quantitative estimate of drug-likeness (QED) is 0.573. The summed E-state index contributed by atoms with van der Waals surface area (Å²) >= 11 is 0. The molecule has 1 N–H and O–H groups in total. The molecule has 3 rings (SSSR count). The lowest BCUT2D eigenvalue weighted by Crippen LogP contribution is -2.51. The Morgan fingerprint density at radius 1 is 1.12 bits per heavy atom. The van der Waals surface area contributed by atoms with Crippen LogP contribution in [-0.4, -0.2) is 55.2 Å². The maximum atomic E-state index is 13.3. The van der Waals surface area contributed by atoms with Crippen LogP contribution in [-0.2, 0) is 21.0 Å². The number of sulfonamides is 1. The number of alkyl halides is 3. The highest BCUT2D eigenvalue weighted by molar-refractivity contribution is 7.89. The van der Waals surface area contributed by atoms with Crippen molar-refractivity contribution in [3.63, 3.8) is 0 Å². The van der Waals surface area contributed by atoms with Crippen LogP contribution in [0.5, 0.6) is 0 Å².